The molecule has 14 heteroatoms. The number of nitrogens with zero attached hydrogens (tertiary/aromatic N) is 2. The SMILES string of the molecule is O=S(=O)([N-]S(=O)(=O)C(F)(F)F)C(F)(F)F.[2H]c1c([2H])c([2H])[n+](C([2H])([2H])C([2H])([2H])[2H])c([2H])c1[2H]. The summed E-state index contributed by atoms with van der Waals surface area (Å²) in [7, 11) is -13.4. The molecule has 0 radical (unpaired) electrons. The van der Waals surface area contributed by atoms with Crippen LogP contribution in [0.15, 0.2) is 30.5 Å². The first-order valence-electron chi connectivity index (χ1n) is 9.49. The van der Waals surface area contributed by atoms with Crippen LogP contribution in [0.25, 0.3) is 4.13 Å². The van der Waals surface area contributed by atoms with Crippen LogP contribution in [-0.2, 0) is 26.5 Å². The number of hydrogen-bond donors (Lipinski definition) is 0. The van der Waals surface area contributed by atoms with Gasteiger partial charge >= 0.3 is 11.0 Å². The zero-order chi connectivity index (χ0) is 27.2. The number of sulfonamides is 2. The Labute approximate surface area is 141 Å². The van der Waals surface area contributed by atoms with Gasteiger partial charge in [0.05, 0.1) is 4.11 Å². The predicted molar refractivity (Wildman–Crippen MR) is 65.6 cm³/mol. The molecule has 0 bridgehead atoms. The van der Waals surface area contributed by atoms with Gasteiger partial charge in [0.25, 0.3) is 0 Å². The predicted octanol–water partition coefficient (Wildman–Crippen LogP) is 2.05. The van der Waals surface area contributed by atoms with Crippen molar-refractivity contribution in [3.63, 3.8) is 0 Å². The van der Waals surface area contributed by atoms with Crippen molar-refractivity contribution in [2.24, 2.45) is 0 Å². The molecule has 1 aromatic heterocycles. The maximum absolute atomic E-state index is 11.4. The van der Waals surface area contributed by atoms with Crippen molar-refractivity contribution >= 4 is 20.0 Å². The maximum Gasteiger partial charge on any atom is 0.480 e. The summed E-state index contributed by atoms with van der Waals surface area (Å²) in [5.74, 6) is 0. The van der Waals surface area contributed by atoms with Gasteiger partial charge in [-0.2, -0.15) is 26.3 Å². The van der Waals surface area contributed by atoms with Gasteiger partial charge in [0.15, 0.2) is 32.4 Å². The number of aromatic nitrogens is 1. The monoisotopic (exact) mass is 398 g/mol. The van der Waals surface area contributed by atoms with Gasteiger partial charge in [-0.1, -0.05) is 6.04 Å². The number of rotatable bonds is 3. The van der Waals surface area contributed by atoms with Crippen LogP contribution in [0.5, 0.6) is 0 Å². The lowest BCUT2D eigenvalue weighted by Gasteiger charge is -2.22. The van der Waals surface area contributed by atoms with Gasteiger partial charge in [-0.25, -0.2) is 21.4 Å². The fraction of sp³-hybridized carbons (Fsp3) is 0.444. The number of halogens is 6. The minimum atomic E-state index is -6.72. The Kier molecular flexibility index (Phi) is 3.16. The smallest absolute Gasteiger partial charge is 0.421 e. The summed E-state index contributed by atoms with van der Waals surface area (Å²) in [5.41, 5.74) is -12.4. The summed E-state index contributed by atoms with van der Waals surface area (Å²) in [6, 6.07) is -2.28. The third-order valence-corrected chi connectivity index (χ3v) is 4.09. The second-order valence-electron chi connectivity index (χ2n) is 2.96. The molecule has 0 unspecified atom stereocenters. The van der Waals surface area contributed by atoms with E-state index in [1.54, 1.807) is 0 Å². The Morgan fingerprint density at radius 3 is 1.70 bits per heavy atom. The molecule has 23 heavy (non-hydrogen) atoms. The first kappa shape index (κ1) is 9.78. The van der Waals surface area contributed by atoms with E-state index in [1.165, 1.54) is 0 Å². The Balaban J connectivity index is 0.000000633. The van der Waals surface area contributed by atoms with E-state index in [0.29, 0.717) is 0 Å². The fourth-order valence-electron chi connectivity index (χ4n) is 0.497. The lowest BCUT2D eigenvalue weighted by Crippen LogP contribution is -2.30. The van der Waals surface area contributed by atoms with Gasteiger partial charge in [-0.15, -0.1) is 0 Å². The Bertz CT molecular complexity index is 1050. The molecule has 0 amide bonds. The Morgan fingerprint density at radius 1 is 1.00 bits per heavy atom. The maximum atomic E-state index is 11.4. The molecule has 6 nitrogen and oxygen atoms in total. The van der Waals surface area contributed by atoms with E-state index in [0.717, 1.165) is 4.13 Å². The topological polar surface area (TPSA) is 86.3 Å². The standard InChI is InChI=1S/C7H10N.C2F6NO4S2/c1-2-8-6-4-3-5-7-8;3-1(4,5)14(10,11)9-15(12,13)2(6,7)8/h3-7H,2H2,1H3;/q+1;-1/i1D3,2D2,3D,4D,5D,6D,7D;. The van der Waals surface area contributed by atoms with Crippen LogP contribution >= 0.6 is 0 Å². The highest BCUT2D eigenvalue weighted by Gasteiger charge is 2.46. The first-order valence-corrected chi connectivity index (χ1v) is 7.37. The average Bonchev–Trinajstić information content (AvgIpc) is 2.55. The fourth-order valence-corrected chi connectivity index (χ4v) is 2.21. The molecule has 0 saturated carbocycles. The summed E-state index contributed by atoms with van der Waals surface area (Å²) < 4.78 is 182. The van der Waals surface area contributed by atoms with E-state index in [2.05, 4.69) is 0 Å². The van der Waals surface area contributed by atoms with Gasteiger partial charge in [0, 0.05) is 16.2 Å². The van der Waals surface area contributed by atoms with Crippen LogP contribution in [0.3, 0.4) is 0 Å². The third-order valence-electron chi connectivity index (χ3n) is 1.35. The largest absolute Gasteiger partial charge is 0.480 e. The summed E-state index contributed by atoms with van der Waals surface area (Å²) in [4.78, 5) is 0. The summed E-state index contributed by atoms with van der Waals surface area (Å²) in [6.07, 6.45) is -1.83. The van der Waals surface area contributed by atoms with Crippen LogP contribution in [0.1, 0.15) is 20.6 Å². The van der Waals surface area contributed by atoms with Crippen molar-refractivity contribution in [3.05, 3.63) is 34.6 Å². The molecule has 0 fully saturated rings. The van der Waals surface area contributed by atoms with Crippen LogP contribution < -0.4 is 4.57 Å². The highest BCUT2D eigenvalue weighted by molar-refractivity contribution is 8.13. The minimum Gasteiger partial charge on any atom is -0.421 e. The molecule has 0 aliphatic rings. The van der Waals surface area contributed by atoms with E-state index in [9.17, 15) is 43.2 Å². The second-order valence-corrected chi connectivity index (χ2v) is 6.38. The van der Waals surface area contributed by atoms with Crippen LogP contribution in [0, 0.1) is 0 Å². The van der Waals surface area contributed by atoms with Crippen molar-refractivity contribution in [1.29, 1.82) is 0 Å². The van der Waals surface area contributed by atoms with Gasteiger partial charge in [-0.3, -0.25) is 0 Å². The van der Waals surface area contributed by atoms with Gasteiger partial charge in [0.2, 0.25) is 0 Å². The zero-order valence-corrected chi connectivity index (χ0v) is 11.7. The van der Waals surface area contributed by atoms with E-state index >= 15 is 0 Å². The summed E-state index contributed by atoms with van der Waals surface area (Å²) >= 11 is 0. The highest BCUT2D eigenvalue weighted by atomic mass is 32.3. The molecule has 1 aromatic rings. The van der Waals surface area contributed by atoms with Gasteiger partial charge in [-0.05, 0) is 6.85 Å². The van der Waals surface area contributed by atoms with Crippen LogP contribution in [-0.4, -0.2) is 27.9 Å². The highest BCUT2D eigenvalue weighted by Crippen LogP contribution is 2.36. The lowest BCUT2D eigenvalue weighted by molar-refractivity contribution is -0.693. The van der Waals surface area contributed by atoms with Crippen molar-refractivity contribution < 1.29 is 61.5 Å². The summed E-state index contributed by atoms with van der Waals surface area (Å²) in [5, 5.41) is 0. The van der Waals surface area contributed by atoms with E-state index < -0.39 is 74.9 Å². The molecule has 0 aliphatic carbocycles. The van der Waals surface area contributed by atoms with Gasteiger partial charge in [0.1, 0.15) is 12.0 Å². The normalized spacial score (nSPS) is 20.6. The molecule has 0 spiro atoms. The molecule has 134 valence electrons. The third kappa shape index (κ3) is 6.70. The molecule has 1 heterocycles. The van der Waals surface area contributed by atoms with Crippen molar-refractivity contribution in [2.75, 3.05) is 0 Å². The van der Waals surface area contributed by atoms with E-state index in [-0.39, 0.29) is 4.57 Å². The average molecular weight is 398 g/mol. The number of hydrogen-bond acceptors (Lipinski definition) is 4. The van der Waals surface area contributed by atoms with Crippen molar-refractivity contribution in [3.8, 4) is 0 Å². The summed E-state index contributed by atoms with van der Waals surface area (Å²) in [6.45, 7) is -6.26. The van der Waals surface area contributed by atoms with Crippen LogP contribution in [0.4, 0.5) is 26.3 Å². The Morgan fingerprint density at radius 2 is 1.39 bits per heavy atom. The number of pyridine rings is 1. The minimum absolute atomic E-state index is 0.142. The quantitative estimate of drug-likeness (QED) is 0.576. The molecule has 0 atom stereocenters. The van der Waals surface area contributed by atoms with E-state index in [1.807, 2.05) is 0 Å². The molecular weight excluding hydrogens is 378 g/mol. The molecule has 0 aliphatic heterocycles. The van der Waals surface area contributed by atoms with E-state index in [4.69, 9.17) is 13.7 Å². The number of alkyl halides is 6. The first-order chi connectivity index (χ1) is 14.1. The molecule has 0 saturated heterocycles. The molecule has 1 rings (SSSR count). The zero-order valence-electron chi connectivity index (χ0n) is 20.1. The van der Waals surface area contributed by atoms with Gasteiger partial charge < -0.3 is 4.13 Å². The van der Waals surface area contributed by atoms with Crippen molar-refractivity contribution in [2.45, 2.75) is 24.4 Å². The lowest BCUT2D eigenvalue weighted by atomic mass is 10.5. The van der Waals surface area contributed by atoms with Crippen molar-refractivity contribution in [1.82, 2.24) is 0 Å². The Hall–Kier alpha value is -1.41. The second kappa shape index (κ2) is 7.44. The van der Waals surface area contributed by atoms with Crippen LogP contribution in [0.2, 0.25) is 0 Å². The molecule has 0 N–H and O–H groups in total. The molecular formula is C9H10F6N2O4S2. The molecule has 0 aromatic carbocycles.